The Balaban J connectivity index is 2.41. The zero-order chi connectivity index (χ0) is 6.81. The van der Waals surface area contributed by atoms with Crippen LogP contribution in [0.3, 0.4) is 0 Å². The first-order valence-electron chi connectivity index (χ1n) is 3.49. The predicted octanol–water partition coefficient (Wildman–Crippen LogP) is 0.794. The molecule has 0 unspecified atom stereocenters. The number of benzene rings is 1. The topological polar surface area (TPSA) is 24.1 Å². The van der Waals surface area contributed by atoms with Crippen LogP contribution in [0.1, 0.15) is 11.1 Å². The van der Waals surface area contributed by atoms with Crippen molar-refractivity contribution in [1.29, 1.82) is 0 Å². The number of rotatable bonds is 0. The molecule has 0 bridgehead atoms. The number of hydrazine groups is 1. The zero-order valence-corrected chi connectivity index (χ0v) is 5.72. The van der Waals surface area contributed by atoms with Crippen molar-refractivity contribution >= 4 is 0 Å². The molecule has 0 saturated heterocycles. The molecule has 0 aliphatic carbocycles. The van der Waals surface area contributed by atoms with Crippen molar-refractivity contribution in [2.45, 2.75) is 13.1 Å². The molecule has 1 heterocycles. The van der Waals surface area contributed by atoms with Crippen LogP contribution in [0.4, 0.5) is 0 Å². The minimum absolute atomic E-state index is 0.941. The van der Waals surface area contributed by atoms with Gasteiger partial charge < -0.3 is 0 Å². The van der Waals surface area contributed by atoms with Crippen LogP contribution >= 0.6 is 0 Å². The molecule has 1 aliphatic heterocycles. The predicted molar refractivity (Wildman–Crippen MR) is 40.1 cm³/mol. The van der Waals surface area contributed by atoms with E-state index in [1.807, 2.05) is 0 Å². The number of hydrogen-bond acceptors (Lipinski definition) is 2. The van der Waals surface area contributed by atoms with Gasteiger partial charge in [-0.1, -0.05) is 24.3 Å². The fraction of sp³-hybridized carbons (Fsp3) is 0.250. The maximum atomic E-state index is 3.09. The van der Waals surface area contributed by atoms with Gasteiger partial charge in [0.25, 0.3) is 0 Å². The maximum absolute atomic E-state index is 3.09. The van der Waals surface area contributed by atoms with Crippen LogP contribution in [0.2, 0.25) is 0 Å². The lowest BCUT2D eigenvalue weighted by Gasteiger charge is -2.17. The van der Waals surface area contributed by atoms with Gasteiger partial charge in [0.2, 0.25) is 0 Å². The highest BCUT2D eigenvalue weighted by atomic mass is 15.4. The van der Waals surface area contributed by atoms with E-state index >= 15 is 0 Å². The molecule has 10 heavy (non-hydrogen) atoms. The van der Waals surface area contributed by atoms with Crippen LogP contribution in [0.25, 0.3) is 0 Å². The van der Waals surface area contributed by atoms with Gasteiger partial charge in [0.1, 0.15) is 0 Å². The molecule has 0 aromatic heterocycles. The standard InChI is InChI=1S/C8H10N2/c1-2-4-8-6-10-9-5-7(8)3-1/h1-4,9-10H,5-6H2. The van der Waals surface area contributed by atoms with Gasteiger partial charge in [-0.15, -0.1) is 0 Å². The highest BCUT2D eigenvalue weighted by Gasteiger charge is 2.04. The summed E-state index contributed by atoms with van der Waals surface area (Å²) in [4.78, 5) is 0. The summed E-state index contributed by atoms with van der Waals surface area (Å²) in [5, 5.41) is 0. The third-order valence-corrected chi connectivity index (χ3v) is 1.80. The lowest BCUT2D eigenvalue weighted by atomic mass is 10.1. The van der Waals surface area contributed by atoms with Gasteiger partial charge in [0.05, 0.1) is 0 Å². The van der Waals surface area contributed by atoms with Crippen molar-refractivity contribution in [3.8, 4) is 0 Å². The Morgan fingerprint density at radius 2 is 1.40 bits per heavy atom. The average Bonchev–Trinajstić information content (AvgIpc) is 2.05. The fourth-order valence-electron chi connectivity index (χ4n) is 1.22. The van der Waals surface area contributed by atoms with Crippen molar-refractivity contribution in [3.05, 3.63) is 35.4 Å². The third kappa shape index (κ3) is 0.916. The highest BCUT2D eigenvalue weighted by molar-refractivity contribution is 5.27. The van der Waals surface area contributed by atoms with Gasteiger partial charge in [0.15, 0.2) is 0 Å². The maximum Gasteiger partial charge on any atom is 0.0354 e. The van der Waals surface area contributed by atoms with Crippen LogP contribution < -0.4 is 10.9 Å². The van der Waals surface area contributed by atoms with E-state index in [0.29, 0.717) is 0 Å². The normalized spacial score (nSPS) is 16.4. The monoisotopic (exact) mass is 134 g/mol. The first kappa shape index (κ1) is 5.89. The molecule has 0 amide bonds. The molecule has 2 heteroatoms. The van der Waals surface area contributed by atoms with E-state index < -0.39 is 0 Å². The van der Waals surface area contributed by atoms with E-state index in [4.69, 9.17) is 0 Å². The Morgan fingerprint density at radius 1 is 0.900 bits per heavy atom. The van der Waals surface area contributed by atoms with Crippen molar-refractivity contribution in [1.82, 2.24) is 10.9 Å². The summed E-state index contributed by atoms with van der Waals surface area (Å²) >= 11 is 0. The molecule has 1 aliphatic rings. The second-order valence-corrected chi connectivity index (χ2v) is 2.48. The summed E-state index contributed by atoms with van der Waals surface area (Å²) in [5.41, 5.74) is 8.99. The molecule has 52 valence electrons. The SMILES string of the molecule is c1ccc2c(c1)CNNC2. The fourth-order valence-corrected chi connectivity index (χ4v) is 1.22. The molecule has 2 N–H and O–H groups in total. The third-order valence-electron chi connectivity index (χ3n) is 1.80. The molecule has 0 radical (unpaired) electrons. The lowest BCUT2D eigenvalue weighted by Crippen LogP contribution is -2.35. The van der Waals surface area contributed by atoms with E-state index in [2.05, 4.69) is 35.1 Å². The van der Waals surface area contributed by atoms with Gasteiger partial charge in [-0.05, 0) is 11.1 Å². The smallest absolute Gasteiger partial charge is 0.0354 e. The van der Waals surface area contributed by atoms with Gasteiger partial charge in [-0.3, -0.25) is 10.9 Å². The molecule has 0 fully saturated rings. The molecule has 2 nitrogen and oxygen atoms in total. The summed E-state index contributed by atoms with van der Waals surface area (Å²) in [6.45, 7) is 1.88. The molecular formula is C8H10N2. The lowest BCUT2D eigenvalue weighted by molar-refractivity contribution is 0.496. The van der Waals surface area contributed by atoms with Gasteiger partial charge >= 0.3 is 0 Å². The van der Waals surface area contributed by atoms with E-state index in [1.54, 1.807) is 0 Å². The van der Waals surface area contributed by atoms with E-state index in [9.17, 15) is 0 Å². The average molecular weight is 134 g/mol. The second kappa shape index (κ2) is 2.40. The van der Waals surface area contributed by atoms with Crippen LogP contribution in [0.5, 0.6) is 0 Å². The van der Waals surface area contributed by atoms with Crippen LogP contribution in [0.15, 0.2) is 24.3 Å². The Kier molecular flexibility index (Phi) is 1.42. The number of nitrogens with one attached hydrogen (secondary N) is 2. The van der Waals surface area contributed by atoms with Gasteiger partial charge in [0, 0.05) is 13.1 Å². The van der Waals surface area contributed by atoms with Gasteiger partial charge in [-0.2, -0.15) is 0 Å². The first-order valence-corrected chi connectivity index (χ1v) is 3.49. The molecule has 1 aromatic carbocycles. The van der Waals surface area contributed by atoms with Crippen LogP contribution in [0, 0.1) is 0 Å². The summed E-state index contributed by atoms with van der Waals surface area (Å²) < 4.78 is 0. The summed E-state index contributed by atoms with van der Waals surface area (Å²) in [5.74, 6) is 0. The van der Waals surface area contributed by atoms with E-state index in [1.165, 1.54) is 11.1 Å². The van der Waals surface area contributed by atoms with Crippen molar-refractivity contribution in [2.75, 3.05) is 0 Å². The largest absolute Gasteiger partial charge is 0.253 e. The molecule has 0 atom stereocenters. The molecular weight excluding hydrogens is 124 g/mol. The van der Waals surface area contributed by atoms with Crippen molar-refractivity contribution in [2.24, 2.45) is 0 Å². The molecule has 0 spiro atoms. The second-order valence-electron chi connectivity index (χ2n) is 2.48. The Bertz CT molecular complexity index is 207. The first-order chi connectivity index (χ1) is 4.97. The Morgan fingerprint density at radius 3 is 1.90 bits per heavy atom. The molecule has 0 saturated carbocycles. The van der Waals surface area contributed by atoms with Crippen LogP contribution in [-0.2, 0) is 13.1 Å². The molecule has 1 aromatic rings. The number of fused-ring (bicyclic) bond motifs is 1. The van der Waals surface area contributed by atoms with Crippen molar-refractivity contribution < 1.29 is 0 Å². The zero-order valence-electron chi connectivity index (χ0n) is 5.72. The van der Waals surface area contributed by atoms with Crippen molar-refractivity contribution in [3.63, 3.8) is 0 Å². The molecule has 2 rings (SSSR count). The highest BCUT2D eigenvalue weighted by Crippen LogP contribution is 2.09. The van der Waals surface area contributed by atoms with Gasteiger partial charge in [-0.25, -0.2) is 0 Å². The minimum Gasteiger partial charge on any atom is -0.253 e. The summed E-state index contributed by atoms with van der Waals surface area (Å²) in [6, 6.07) is 8.46. The summed E-state index contributed by atoms with van der Waals surface area (Å²) in [7, 11) is 0. The minimum atomic E-state index is 0.941. The van der Waals surface area contributed by atoms with E-state index in [-0.39, 0.29) is 0 Å². The number of hydrogen-bond donors (Lipinski definition) is 2. The quantitative estimate of drug-likeness (QED) is 0.548. The Hall–Kier alpha value is -0.860. The van der Waals surface area contributed by atoms with Crippen LogP contribution in [-0.4, -0.2) is 0 Å². The Labute approximate surface area is 60.2 Å². The summed E-state index contributed by atoms with van der Waals surface area (Å²) in [6.07, 6.45) is 0. The van der Waals surface area contributed by atoms with E-state index in [0.717, 1.165) is 13.1 Å².